The van der Waals surface area contributed by atoms with Crippen molar-refractivity contribution in [3.63, 3.8) is 0 Å². The highest BCUT2D eigenvalue weighted by molar-refractivity contribution is 5.83. The van der Waals surface area contributed by atoms with Crippen LogP contribution in [0.1, 0.15) is 17.0 Å². The summed E-state index contributed by atoms with van der Waals surface area (Å²) in [7, 11) is 3.28. The molecule has 11 heteroatoms. The summed E-state index contributed by atoms with van der Waals surface area (Å²) in [5, 5.41) is 13.0. The van der Waals surface area contributed by atoms with Crippen molar-refractivity contribution >= 4 is 10.9 Å². The molecular formula is C25H28N6O5. The first-order valence-corrected chi connectivity index (χ1v) is 11.7. The molecular weight excluding hydrogens is 464 g/mol. The highest BCUT2D eigenvalue weighted by Crippen LogP contribution is 2.33. The fraction of sp³-hybridized carbons (Fsp3) is 0.360. The van der Waals surface area contributed by atoms with Gasteiger partial charge in [-0.25, -0.2) is 4.68 Å². The fourth-order valence-corrected chi connectivity index (χ4v) is 4.19. The van der Waals surface area contributed by atoms with Gasteiger partial charge < -0.3 is 23.9 Å². The van der Waals surface area contributed by atoms with E-state index in [1.54, 1.807) is 18.9 Å². The Morgan fingerprint density at radius 2 is 1.81 bits per heavy atom. The van der Waals surface area contributed by atoms with E-state index in [9.17, 15) is 4.79 Å². The molecule has 11 nitrogen and oxygen atoms in total. The van der Waals surface area contributed by atoms with E-state index in [4.69, 9.17) is 18.9 Å². The molecule has 2 aromatic carbocycles. The summed E-state index contributed by atoms with van der Waals surface area (Å²) < 4.78 is 23.6. The zero-order chi connectivity index (χ0) is 24.9. The summed E-state index contributed by atoms with van der Waals surface area (Å²) in [5.74, 6) is 2.80. The first-order chi connectivity index (χ1) is 17.6. The van der Waals surface area contributed by atoms with Crippen molar-refractivity contribution in [1.29, 1.82) is 0 Å². The first-order valence-electron chi connectivity index (χ1n) is 11.7. The van der Waals surface area contributed by atoms with Gasteiger partial charge in [-0.15, -0.1) is 5.10 Å². The normalized spacial score (nSPS) is 12.9. The number of tetrazole rings is 1. The summed E-state index contributed by atoms with van der Waals surface area (Å²) in [6, 6.07) is 13.5. The van der Waals surface area contributed by atoms with E-state index in [1.807, 2.05) is 42.5 Å². The maximum absolute atomic E-state index is 13.1. The molecule has 0 radical (unpaired) electrons. The second-order valence-corrected chi connectivity index (χ2v) is 8.51. The van der Waals surface area contributed by atoms with E-state index in [0.717, 1.165) is 16.7 Å². The lowest BCUT2D eigenvalue weighted by atomic mass is 10.1. The maximum Gasteiger partial charge on any atom is 0.252 e. The summed E-state index contributed by atoms with van der Waals surface area (Å²) in [6.07, 6.45) is 0. The molecule has 0 spiro atoms. The summed E-state index contributed by atoms with van der Waals surface area (Å²) >= 11 is 0. The van der Waals surface area contributed by atoms with E-state index in [1.165, 1.54) is 0 Å². The molecule has 3 heterocycles. The number of rotatable bonds is 10. The van der Waals surface area contributed by atoms with Crippen LogP contribution in [0.2, 0.25) is 0 Å². The number of pyridine rings is 1. The second kappa shape index (κ2) is 10.8. The SMILES string of the molecule is COCCn1nnnc1CN(Cc1ccc(OC)cc1)Cc1cc2cc3c(cc2[nH]c1=O)OCCO3. The van der Waals surface area contributed by atoms with Gasteiger partial charge in [-0.05, 0) is 40.3 Å². The zero-order valence-corrected chi connectivity index (χ0v) is 20.3. The largest absolute Gasteiger partial charge is 0.497 e. The highest BCUT2D eigenvalue weighted by Gasteiger charge is 2.18. The molecule has 0 unspecified atom stereocenters. The van der Waals surface area contributed by atoms with Crippen molar-refractivity contribution in [3.8, 4) is 17.2 Å². The van der Waals surface area contributed by atoms with Crippen LogP contribution in [-0.2, 0) is 30.9 Å². The number of fused-ring (bicyclic) bond motifs is 2. The minimum atomic E-state index is -0.155. The van der Waals surface area contributed by atoms with Gasteiger partial charge in [-0.1, -0.05) is 12.1 Å². The van der Waals surface area contributed by atoms with Gasteiger partial charge in [-0.3, -0.25) is 9.69 Å². The lowest BCUT2D eigenvalue weighted by molar-refractivity contribution is 0.172. The van der Waals surface area contributed by atoms with Gasteiger partial charge in [0.25, 0.3) is 5.56 Å². The number of hydrogen-bond donors (Lipinski definition) is 1. The minimum Gasteiger partial charge on any atom is -0.497 e. The van der Waals surface area contributed by atoms with Gasteiger partial charge in [0, 0.05) is 37.2 Å². The zero-order valence-electron chi connectivity index (χ0n) is 20.3. The lowest BCUT2D eigenvalue weighted by Crippen LogP contribution is -2.28. The molecule has 1 aliphatic rings. The predicted molar refractivity (Wildman–Crippen MR) is 131 cm³/mol. The van der Waals surface area contributed by atoms with E-state index in [2.05, 4.69) is 25.4 Å². The fourth-order valence-electron chi connectivity index (χ4n) is 4.19. The third-order valence-corrected chi connectivity index (χ3v) is 6.02. The number of nitrogens with zero attached hydrogens (tertiary/aromatic N) is 5. The molecule has 0 fully saturated rings. The molecule has 0 aliphatic carbocycles. The van der Waals surface area contributed by atoms with Gasteiger partial charge in [-0.2, -0.15) is 0 Å². The summed E-state index contributed by atoms with van der Waals surface area (Å²) in [6.45, 7) is 3.45. The van der Waals surface area contributed by atoms with Crippen LogP contribution in [0.15, 0.2) is 47.3 Å². The van der Waals surface area contributed by atoms with Gasteiger partial charge in [0.05, 0.1) is 32.3 Å². The standard InChI is InChI=1S/C25H28N6O5/c1-33-8-7-31-24(27-28-29-31)16-30(14-17-3-5-20(34-2)6-4-17)15-19-11-18-12-22-23(36-10-9-35-22)13-21(18)26-25(19)32/h3-6,11-13H,7-10,14-16H2,1-2H3,(H,26,32). The van der Waals surface area contributed by atoms with Crippen LogP contribution >= 0.6 is 0 Å². The maximum atomic E-state index is 13.1. The van der Waals surface area contributed by atoms with Gasteiger partial charge in [0.1, 0.15) is 19.0 Å². The van der Waals surface area contributed by atoms with Crippen molar-refractivity contribution < 1.29 is 18.9 Å². The van der Waals surface area contributed by atoms with E-state index >= 15 is 0 Å². The summed E-state index contributed by atoms with van der Waals surface area (Å²) in [5.41, 5.74) is 2.25. The third kappa shape index (κ3) is 5.31. The van der Waals surface area contributed by atoms with E-state index < -0.39 is 0 Å². The van der Waals surface area contributed by atoms with Crippen molar-refractivity contribution in [1.82, 2.24) is 30.1 Å². The number of ether oxygens (including phenoxy) is 4. The molecule has 188 valence electrons. The molecule has 0 saturated heterocycles. The number of aromatic nitrogens is 5. The van der Waals surface area contributed by atoms with Gasteiger partial charge >= 0.3 is 0 Å². The van der Waals surface area contributed by atoms with Crippen LogP contribution in [0, 0.1) is 0 Å². The Morgan fingerprint density at radius 3 is 2.56 bits per heavy atom. The average molecular weight is 493 g/mol. The van der Waals surface area contributed by atoms with Crippen LogP contribution < -0.4 is 19.8 Å². The molecule has 0 bridgehead atoms. The van der Waals surface area contributed by atoms with Crippen LogP contribution in [-0.4, -0.2) is 64.1 Å². The Labute approximate surface area is 207 Å². The molecule has 1 aliphatic heterocycles. The Kier molecular flexibility index (Phi) is 7.10. The number of methoxy groups -OCH3 is 2. The van der Waals surface area contributed by atoms with Crippen LogP contribution in [0.25, 0.3) is 10.9 Å². The highest BCUT2D eigenvalue weighted by atomic mass is 16.6. The Bertz CT molecular complexity index is 1380. The number of aromatic amines is 1. The number of hydrogen-bond acceptors (Lipinski definition) is 9. The van der Waals surface area contributed by atoms with Crippen LogP contribution in [0.4, 0.5) is 0 Å². The van der Waals surface area contributed by atoms with Gasteiger partial charge in [0.15, 0.2) is 17.3 Å². The van der Waals surface area contributed by atoms with Crippen molar-refractivity contribution in [2.45, 2.75) is 26.2 Å². The molecule has 0 amide bonds. The second-order valence-electron chi connectivity index (χ2n) is 8.51. The molecule has 0 atom stereocenters. The molecule has 2 aromatic heterocycles. The van der Waals surface area contributed by atoms with Crippen LogP contribution in [0.5, 0.6) is 17.2 Å². The summed E-state index contributed by atoms with van der Waals surface area (Å²) in [4.78, 5) is 18.2. The Hall–Kier alpha value is -3.96. The molecule has 1 N–H and O–H groups in total. The van der Waals surface area contributed by atoms with Crippen molar-refractivity contribution in [3.05, 3.63) is 69.8 Å². The molecule has 0 saturated carbocycles. The Morgan fingerprint density at radius 1 is 1.03 bits per heavy atom. The molecule has 36 heavy (non-hydrogen) atoms. The topological polar surface area (TPSA) is 117 Å². The smallest absolute Gasteiger partial charge is 0.252 e. The number of H-pyrrole nitrogens is 1. The molecule has 5 rings (SSSR count). The average Bonchev–Trinajstić information content (AvgIpc) is 3.34. The lowest BCUT2D eigenvalue weighted by Gasteiger charge is -2.22. The first kappa shape index (κ1) is 23.8. The monoisotopic (exact) mass is 492 g/mol. The molecule has 4 aromatic rings. The number of nitrogens with one attached hydrogen (secondary N) is 1. The third-order valence-electron chi connectivity index (χ3n) is 6.02. The van der Waals surface area contributed by atoms with E-state index in [-0.39, 0.29) is 5.56 Å². The van der Waals surface area contributed by atoms with E-state index in [0.29, 0.717) is 74.4 Å². The van der Waals surface area contributed by atoms with Crippen LogP contribution in [0.3, 0.4) is 0 Å². The van der Waals surface area contributed by atoms with Crippen molar-refractivity contribution in [2.75, 3.05) is 34.0 Å². The predicted octanol–water partition coefficient (Wildman–Crippen LogP) is 2.14. The quantitative estimate of drug-likeness (QED) is 0.355. The minimum absolute atomic E-state index is 0.155. The number of benzene rings is 2. The Balaban J connectivity index is 1.44. The van der Waals surface area contributed by atoms with Gasteiger partial charge in [0.2, 0.25) is 0 Å². The van der Waals surface area contributed by atoms with Crippen molar-refractivity contribution in [2.24, 2.45) is 0 Å².